The predicted molar refractivity (Wildman–Crippen MR) is 84.4 cm³/mol. The number of nitrogen functional groups attached to an aromatic ring is 1. The fourth-order valence-corrected chi connectivity index (χ4v) is 2.24. The Labute approximate surface area is 125 Å². The highest BCUT2D eigenvalue weighted by molar-refractivity contribution is 9.10. The van der Waals surface area contributed by atoms with E-state index >= 15 is 0 Å². The monoisotopic (exact) mass is 331 g/mol. The van der Waals surface area contributed by atoms with E-state index in [-0.39, 0.29) is 0 Å². The summed E-state index contributed by atoms with van der Waals surface area (Å²) < 4.78 is 0.938. The summed E-state index contributed by atoms with van der Waals surface area (Å²) >= 11 is 3.37. The van der Waals surface area contributed by atoms with E-state index in [0.29, 0.717) is 11.3 Å². The molecule has 3 nitrogen and oxygen atoms in total. The van der Waals surface area contributed by atoms with Crippen molar-refractivity contribution < 1.29 is 9.90 Å². The van der Waals surface area contributed by atoms with Gasteiger partial charge in [0.1, 0.15) is 0 Å². The topological polar surface area (TPSA) is 63.3 Å². The van der Waals surface area contributed by atoms with Crippen LogP contribution in [0.3, 0.4) is 0 Å². The molecule has 0 bridgehead atoms. The molecule has 0 aliphatic rings. The first-order chi connectivity index (χ1) is 9.47. The number of benzene rings is 2. The molecule has 0 aromatic heterocycles. The van der Waals surface area contributed by atoms with E-state index in [9.17, 15) is 4.79 Å². The lowest BCUT2D eigenvalue weighted by molar-refractivity contribution is -0.131. The molecule has 0 fully saturated rings. The highest BCUT2D eigenvalue weighted by atomic mass is 79.9. The summed E-state index contributed by atoms with van der Waals surface area (Å²) in [7, 11) is 0. The Morgan fingerprint density at radius 2 is 1.85 bits per heavy atom. The summed E-state index contributed by atoms with van der Waals surface area (Å²) in [4.78, 5) is 11.1. The molecule has 0 spiro atoms. The number of rotatable bonds is 3. The lowest BCUT2D eigenvalue weighted by Crippen LogP contribution is -1.99. The highest BCUT2D eigenvalue weighted by Gasteiger charge is 2.11. The van der Waals surface area contributed by atoms with E-state index in [1.165, 1.54) is 6.08 Å². The van der Waals surface area contributed by atoms with Gasteiger partial charge in [-0.05, 0) is 42.3 Å². The van der Waals surface area contributed by atoms with Crippen LogP contribution in [0.4, 0.5) is 5.69 Å². The molecule has 0 saturated heterocycles. The lowest BCUT2D eigenvalue weighted by atomic mass is 9.95. The highest BCUT2D eigenvalue weighted by Crippen LogP contribution is 2.29. The number of nitrogens with two attached hydrogens (primary N) is 1. The van der Waals surface area contributed by atoms with Crippen LogP contribution in [-0.4, -0.2) is 11.1 Å². The van der Waals surface area contributed by atoms with E-state index in [2.05, 4.69) is 15.9 Å². The molecule has 0 radical (unpaired) electrons. The van der Waals surface area contributed by atoms with E-state index < -0.39 is 5.97 Å². The number of carbonyl (C=O) groups is 1. The molecule has 0 aliphatic heterocycles. The van der Waals surface area contributed by atoms with Gasteiger partial charge in [0.05, 0.1) is 0 Å². The Balaban J connectivity index is 2.62. The smallest absolute Gasteiger partial charge is 0.328 e. The molecule has 0 amide bonds. The van der Waals surface area contributed by atoms with Crippen molar-refractivity contribution in [3.63, 3.8) is 0 Å². The second-order valence-corrected chi connectivity index (χ2v) is 5.41. The molecule has 20 heavy (non-hydrogen) atoms. The molecule has 2 aromatic rings. The fourth-order valence-electron chi connectivity index (χ4n) is 1.97. The van der Waals surface area contributed by atoms with Crippen molar-refractivity contribution in [1.29, 1.82) is 0 Å². The minimum atomic E-state index is -0.996. The van der Waals surface area contributed by atoms with Crippen molar-refractivity contribution in [2.24, 2.45) is 0 Å². The molecule has 0 saturated carbocycles. The minimum absolute atomic E-state index is 0.561. The first-order valence-electron chi connectivity index (χ1n) is 6.04. The zero-order valence-corrected chi connectivity index (χ0v) is 12.5. The summed E-state index contributed by atoms with van der Waals surface area (Å²) in [6.45, 7) is 1.95. The minimum Gasteiger partial charge on any atom is -0.478 e. The molecule has 2 rings (SSSR count). The van der Waals surface area contributed by atoms with Crippen LogP contribution in [0, 0.1) is 6.92 Å². The van der Waals surface area contributed by atoms with E-state index in [4.69, 9.17) is 10.8 Å². The average molecular weight is 332 g/mol. The standard InChI is InChI=1S/C16H14BrNO2/c1-10-2-7-15(18)14(8-10)13(9-16(19)20)11-3-5-12(17)6-4-11/h2-9H,18H2,1H3,(H,19,20). The number of aryl methyl sites for hydroxylation is 1. The van der Waals surface area contributed by atoms with Crippen LogP contribution < -0.4 is 5.73 Å². The summed E-state index contributed by atoms with van der Waals surface area (Å²) in [6.07, 6.45) is 1.19. The Bertz CT molecular complexity index is 675. The molecule has 2 aromatic carbocycles. The maximum absolute atomic E-state index is 11.1. The Kier molecular flexibility index (Phi) is 4.25. The maximum Gasteiger partial charge on any atom is 0.328 e. The van der Waals surface area contributed by atoms with Gasteiger partial charge in [-0.15, -0.1) is 0 Å². The molecule has 3 N–H and O–H groups in total. The second-order valence-electron chi connectivity index (χ2n) is 4.49. The molecule has 0 aliphatic carbocycles. The van der Waals surface area contributed by atoms with Crippen molar-refractivity contribution >= 4 is 33.2 Å². The van der Waals surface area contributed by atoms with Gasteiger partial charge in [-0.1, -0.05) is 39.7 Å². The van der Waals surface area contributed by atoms with Gasteiger partial charge in [0.15, 0.2) is 0 Å². The third-order valence-corrected chi connectivity index (χ3v) is 3.45. The van der Waals surface area contributed by atoms with Gasteiger partial charge in [-0.2, -0.15) is 0 Å². The number of anilines is 1. The average Bonchev–Trinajstić information content (AvgIpc) is 2.40. The SMILES string of the molecule is Cc1ccc(N)c(C(=CC(=O)O)c2ccc(Br)cc2)c1. The predicted octanol–water partition coefficient (Wildman–Crippen LogP) is 3.86. The number of hydrogen-bond acceptors (Lipinski definition) is 2. The summed E-state index contributed by atoms with van der Waals surface area (Å²) in [5.41, 5.74) is 9.73. The Morgan fingerprint density at radius 3 is 2.45 bits per heavy atom. The molecule has 4 heteroatoms. The molecular weight excluding hydrogens is 318 g/mol. The number of carboxylic acid groups (broad SMARTS) is 1. The number of hydrogen-bond donors (Lipinski definition) is 2. The van der Waals surface area contributed by atoms with Crippen molar-refractivity contribution in [1.82, 2.24) is 0 Å². The van der Waals surface area contributed by atoms with Crippen LogP contribution in [0.1, 0.15) is 16.7 Å². The van der Waals surface area contributed by atoms with Gasteiger partial charge in [0.2, 0.25) is 0 Å². The van der Waals surface area contributed by atoms with E-state index in [0.717, 1.165) is 21.2 Å². The van der Waals surface area contributed by atoms with Gasteiger partial charge >= 0.3 is 5.97 Å². The van der Waals surface area contributed by atoms with Gasteiger partial charge in [-0.25, -0.2) is 4.79 Å². The van der Waals surface area contributed by atoms with Crippen molar-refractivity contribution in [2.45, 2.75) is 6.92 Å². The Morgan fingerprint density at radius 1 is 1.20 bits per heavy atom. The molecular formula is C16H14BrNO2. The summed E-state index contributed by atoms with van der Waals surface area (Å²) in [5.74, 6) is -0.996. The van der Waals surface area contributed by atoms with Crippen LogP contribution in [0.25, 0.3) is 5.57 Å². The number of halogens is 1. The number of carboxylic acids is 1. The summed E-state index contributed by atoms with van der Waals surface area (Å²) in [6, 6.07) is 13.1. The molecule has 0 heterocycles. The van der Waals surface area contributed by atoms with Gasteiger partial charge in [0.25, 0.3) is 0 Å². The third-order valence-electron chi connectivity index (χ3n) is 2.92. The van der Waals surface area contributed by atoms with Crippen LogP contribution in [0.2, 0.25) is 0 Å². The molecule has 102 valence electrons. The second kappa shape index (κ2) is 5.92. The largest absolute Gasteiger partial charge is 0.478 e. The summed E-state index contributed by atoms with van der Waals surface area (Å²) in [5, 5.41) is 9.09. The number of aliphatic carboxylic acids is 1. The fraction of sp³-hybridized carbons (Fsp3) is 0.0625. The maximum atomic E-state index is 11.1. The van der Waals surface area contributed by atoms with Gasteiger partial charge in [0, 0.05) is 21.8 Å². The first-order valence-corrected chi connectivity index (χ1v) is 6.84. The van der Waals surface area contributed by atoms with Crippen molar-refractivity contribution in [3.8, 4) is 0 Å². The van der Waals surface area contributed by atoms with Gasteiger partial charge in [-0.3, -0.25) is 0 Å². The third kappa shape index (κ3) is 3.27. The molecule has 0 unspecified atom stereocenters. The van der Waals surface area contributed by atoms with Crippen LogP contribution >= 0.6 is 15.9 Å². The van der Waals surface area contributed by atoms with Crippen LogP contribution in [0.15, 0.2) is 53.0 Å². The zero-order chi connectivity index (χ0) is 14.7. The molecule has 0 atom stereocenters. The van der Waals surface area contributed by atoms with Crippen molar-refractivity contribution in [3.05, 3.63) is 69.7 Å². The first kappa shape index (κ1) is 14.3. The van der Waals surface area contributed by atoms with Crippen LogP contribution in [0.5, 0.6) is 0 Å². The van der Waals surface area contributed by atoms with E-state index in [1.54, 1.807) is 6.07 Å². The van der Waals surface area contributed by atoms with Gasteiger partial charge < -0.3 is 10.8 Å². The van der Waals surface area contributed by atoms with Crippen molar-refractivity contribution in [2.75, 3.05) is 5.73 Å². The zero-order valence-electron chi connectivity index (χ0n) is 10.9. The van der Waals surface area contributed by atoms with E-state index in [1.807, 2.05) is 43.3 Å². The Hall–Kier alpha value is -2.07. The quantitative estimate of drug-likeness (QED) is 0.663. The van der Waals surface area contributed by atoms with Crippen LogP contribution in [-0.2, 0) is 4.79 Å². The lowest BCUT2D eigenvalue weighted by Gasteiger charge is -2.12. The normalized spacial score (nSPS) is 11.4.